The largest absolute Gasteiger partial charge is 0.480 e. The van der Waals surface area contributed by atoms with Gasteiger partial charge in [-0.15, -0.1) is 24.2 Å². The van der Waals surface area contributed by atoms with Gasteiger partial charge in [0.05, 0.1) is 29.5 Å². The lowest BCUT2D eigenvalue weighted by molar-refractivity contribution is -0.146. The van der Waals surface area contributed by atoms with Crippen LogP contribution in [0.5, 0.6) is 0 Å². The number of rotatable bonds is 15. The van der Waals surface area contributed by atoms with Gasteiger partial charge >= 0.3 is 11.9 Å². The number of nitrogens with zero attached hydrogens (tertiary/aromatic N) is 2. The highest BCUT2D eigenvalue weighted by atomic mass is 35.5. The van der Waals surface area contributed by atoms with Crippen molar-refractivity contribution in [3.8, 4) is 0 Å². The molecule has 2 aromatic carbocycles. The lowest BCUT2D eigenvalue weighted by Gasteiger charge is -2.27. The number of thioether (sulfide) groups is 1. The van der Waals surface area contributed by atoms with Crippen LogP contribution in [0.15, 0.2) is 53.4 Å². The number of halogens is 1. The molecule has 3 amide bonds. The first-order valence-electron chi connectivity index (χ1n) is 14.4. The van der Waals surface area contributed by atoms with Gasteiger partial charge < -0.3 is 9.84 Å². The molecule has 43 heavy (non-hydrogen) atoms. The zero-order chi connectivity index (χ0) is 30.1. The summed E-state index contributed by atoms with van der Waals surface area (Å²) in [6.07, 6.45) is 5.55. The van der Waals surface area contributed by atoms with Crippen molar-refractivity contribution in [3.63, 3.8) is 0 Å². The van der Waals surface area contributed by atoms with Crippen LogP contribution in [-0.2, 0) is 19.1 Å². The van der Waals surface area contributed by atoms with Crippen LogP contribution < -0.4 is 10.2 Å². The highest BCUT2D eigenvalue weighted by Crippen LogP contribution is 2.34. The number of imide groups is 1. The fraction of sp³-hybridized carbons (Fsp3) is 0.452. The van der Waals surface area contributed by atoms with Crippen molar-refractivity contribution in [2.45, 2.75) is 68.8 Å². The third kappa shape index (κ3) is 8.58. The molecular formula is C31H38ClN3O7S. The Bertz CT molecular complexity index is 1290. The van der Waals surface area contributed by atoms with Crippen molar-refractivity contribution in [1.82, 2.24) is 10.2 Å². The Kier molecular flexibility index (Phi) is 13.0. The Balaban J connectivity index is 0.00000506. The second-order valence-corrected chi connectivity index (χ2v) is 11.4. The fourth-order valence-electron chi connectivity index (χ4n) is 5.29. The molecule has 2 aliphatic heterocycles. The number of aliphatic carboxylic acids is 1. The number of hydrogen-bond acceptors (Lipinski definition) is 8. The molecule has 4 rings (SSSR count). The second kappa shape index (κ2) is 16.4. The van der Waals surface area contributed by atoms with Crippen LogP contribution in [0.1, 0.15) is 72.6 Å². The van der Waals surface area contributed by atoms with Crippen molar-refractivity contribution in [1.29, 1.82) is 0 Å². The summed E-state index contributed by atoms with van der Waals surface area (Å²) in [6, 6.07) is 12.6. The maximum Gasteiger partial charge on any atom is 0.323 e. The SMILES string of the molecule is CCOC(=O)[C@@H](CCCCCCCCN1C(=O)c2ccccc2C1=O)NC1CSc2ccccc2N(CC(=O)O)C1=O.Cl. The van der Waals surface area contributed by atoms with E-state index in [1.54, 1.807) is 43.3 Å². The zero-order valence-electron chi connectivity index (χ0n) is 24.2. The van der Waals surface area contributed by atoms with E-state index in [1.807, 2.05) is 12.1 Å². The number of carbonyl (C=O) groups excluding carboxylic acids is 4. The maximum atomic E-state index is 13.4. The highest BCUT2D eigenvalue weighted by Gasteiger charge is 2.36. The van der Waals surface area contributed by atoms with Crippen molar-refractivity contribution in [2.24, 2.45) is 0 Å². The Labute approximate surface area is 261 Å². The molecule has 12 heteroatoms. The van der Waals surface area contributed by atoms with Crippen molar-refractivity contribution in [3.05, 3.63) is 59.7 Å². The summed E-state index contributed by atoms with van der Waals surface area (Å²) >= 11 is 1.45. The number of hydrogen-bond donors (Lipinski definition) is 2. The van der Waals surface area contributed by atoms with E-state index < -0.39 is 30.6 Å². The molecule has 2 N–H and O–H groups in total. The molecule has 2 aliphatic rings. The van der Waals surface area contributed by atoms with E-state index in [4.69, 9.17) is 4.74 Å². The summed E-state index contributed by atoms with van der Waals surface area (Å²) in [4.78, 5) is 66.1. The molecule has 0 bridgehead atoms. The quantitative estimate of drug-likeness (QED) is 0.165. The number of carbonyl (C=O) groups is 5. The molecule has 0 spiro atoms. The molecule has 2 aromatic rings. The predicted molar refractivity (Wildman–Crippen MR) is 166 cm³/mol. The number of esters is 1. The summed E-state index contributed by atoms with van der Waals surface area (Å²) in [7, 11) is 0. The minimum atomic E-state index is -1.12. The first-order chi connectivity index (χ1) is 20.3. The van der Waals surface area contributed by atoms with E-state index in [-0.39, 0.29) is 36.7 Å². The van der Waals surface area contributed by atoms with E-state index in [0.717, 1.165) is 43.4 Å². The van der Waals surface area contributed by atoms with Gasteiger partial charge in [0.2, 0.25) is 5.91 Å². The predicted octanol–water partition coefficient (Wildman–Crippen LogP) is 4.55. The second-order valence-electron chi connectivity index (χ2n) is 10.3. The highest BCUT2D eigenvalue weighted by molar-refractivity contribution is 7.99. The molecule has 10 nitrogen and oxygen atoms in total. The molecule has 0 saturated carbocycles. The first-order valence-corrected chi connectivity index (χ1v) is 15.4. The molecule has 0 aromatic heterocycles. The molecule has 0 radical (unpaired) electrons. The van der Waals surface area contributed by atoms with Crippen LogP contribution >= 0.6 is 24.2 Å². The van der Waals surface area contributed by atoms with Crippen molar-refractivity contribution >= 4 is 59.5 Å². The molecular weight excluding hydrogens is 594 g/mol. The average Bonchev–Trinajstić information content (AvgIpc) is 3.14. The third-order valence-corrected chi connectivity index (χ3v) is 8.55. The topological polar surface area (TPSA) is 133 Å². The number of fused-ring (bicyclic) bond motifs is 2. The summed E-state index contributed by atoms with van der Waals surface area (Å²) < 4.78 is 5.28. The van der Waals surface area contributed by atoms with Crippen LogP contribution in [0.4, 0.5) is 5.69 Å². The molecule has 2 heterocycles. The standard InChI is InChI=1S/C31H37N3O7S.ClH/c1-2-41-31(40)23(32-24-20-42-26-17-11-10-16-25(26)34(30(24)39)19-27(35)36)15-7-5-3-4-6-12-18-33-28(37)21-13-8-9-14-22(21)29(33)38;/h8-11,13-14,16-17,23-24,32H,2-7,12,15,18-20H2,1H3,(H,35,36);1H/t23-,24?;/m1./s1. The van der Waals surface area contributed by atoms with Crippen LogP contribution in [0.3, 0.4) is 0 Å². The number of unbranched alkanes of at least 4 members (excludes halogenated alkanes) is 5. The number of ether oxygens (including phenoxy) is 1. The molecule has 232 valence electrons. The van der Waals surface area contributed by atoms with Crippen LogP contribution in [0.25, 0.3) is 0 Å². The van der Waals surface area contributed by atoms with Gasteiger partial charge in [-0.05, 0) is 44.0 Å². The van der Waals surface area contributed by atoms with E-state index >= 15 is 0 Å². The first kappa shape index (κ1) is 34.1. The van der Waals surface area contributed by atoms with Crippen LogP contribution in [0, 0.1) is 0 Å². The maximum absolute atomic E-state index is 13.4. The Morgan fingerprint density at radius 3 is 2.19 bits per heavy atom. The molecule has 0 aliphatic carbocycles. The minimum Gasteiger partial charge on any atom is -0.480 e. The average molecular weight is 632 g/mol. The lowest BCUT2D eigenvalue weighted by atomic mass is 10.0. The third-order valence-electron chi connectivity index (χ3n) is 7.40. The van der Waals surface area contributed by atoms with Gasteiger partial charge in [0, 0.05) is 17.2 Å². The monoisotopic (exact) mass is 631 g/mol. The Hall–Kier alpha value is -3.41. The molecule has 0 saturated heterocycles. The molecule has 1 unspecified atom stereocenters. The number of benzene rings is 2. The fourth-order valence-corrected chi connectivity index (χ4v) is 6.38. The van der Waals surface area contributed by atoms with E-state index in [2.05, 4.69) is 5.32 Å². The summed E-state index contributed by atoms with van der Waals surface area (Å²) in [5.41, 5.74) is 1.49. The number of carboxylic acid groups (broad SMARTS) is 1. The van der Waals surface area contributed by atoms with Crippen LogP contribution in [0.2, 0.25) is 0 Å². The summed E-state index contributed by atoms with van der Waals surface area (Å²) in [5.74, 6) is -2.03. The Morgan fingerprint density at radius 2 is 1.53 bits per heavy atom. The number of nitrogens with one attached hydrogen (secondary N) is 1. The van der Waals surface area contributed by atoms with Gasteiger partial charge in [-0.3, -0.25) is 39.1 Å². The normalized spacial score (nSPS) is 16.7. The van der Waals surface area contributed by atoms with E-state index in [9.17, 15) is 29.1 Å². The van der Waals surface area contributed by atoms with Gasteiger partial charge in [-0.25, -0.2) is 0 Å². The zero-order valence-corrected chi connectivity index (χ0v) is 25.8. The van der Waals surface area contributed by atoms with Gasteiger partial charge in [-0.1, -0.05) is 56.4 Å². The lowest BCUT2D eigenvalue weighted by Crippen LogP contribution is -2.54. The molecule has 0 fully saturated rings. The number of anilines is 1. The Morgan fingerprint density at radius 1 is 0.930 bits per heavy atom. The smallest absolute Gasteiger partial charge is 0.323 e. The summed E-state index contributed by atoms with van der Waals surface area (Å²) in [6.45, 7) is 1.88. The number of amides is 3. The number of carboxylic acids is 1. The van der Waals surface area contributed by atoms with Gasteiger partial charge in [-0.2, -0.15) is 0 Å². The van der Waals surface area contributed by atoms with Gasteiger partial charge in [0.15, 0.2) is 0 Å². The van der Waals surface area contributed by atoms with E-state index in [0.29, 0.717) is 35.5 Å². The summed E-state index contributed by atoms with van der Waals surface area (Å²) in [5, 5.41) is 12.6. The van der Waals surface area contributed by atoms with Crippen molar-refractivity contribution in [2.75, 3.05) is 30.3 Å². The van der Waals surface area contributed by atoms with Crippen LogP contribution in [-0.4, -0.2) is 77.2 Å². The number of para-hydroxylation sites is 1. The van der Waals surface area contributed by atoms with Gasteiger partial charge in [0.1, 0.15) is 12.6 Å². The molecule has 2 atom stereocenters. The van der Waals surface area contributed by atoms with E-state index in [1.165, 1.54) is 21.6 Å². The van der Waals surface area contributed by atoms with Gasteiger partial charge in [0.25, 0.3) is 11.8 Å². The van der Waals surface area contributed by atoms with Crippen molar-refractivity contribution < 1.29 is 33.8 Å². The minimum absolute atomic E-state index is 0.